The molecule has 9 nitrogen and oxygen atoms in total. The van der Waals surface area contributed by atoms with Gasteiger partial charge in [-0.2, -0.15) is 0 Å². The van der Waals surface area contributed by atoms with E-state index in [4.69, 9.17) is 9.47 Å². The summed E-state index contributed by atoms with van der Waals surface area (Å²) in [5.41, 5.74) is 0.630. The molecule has 0 spiro atoms. The van der Waals surface area contributed by atoms with Crippen molar-refractivity contribution in [2.45, 2.75) is 19.4 Å². The van der Waals surface area contributed by atoms with E-state index in [0.29, 0.717) is 17.1 Å². The summed E-state index contributed by atoms with van der Waals surface area (Å²) in [6.45, 7) is 1.78. The maximum absolute atomic E-state index is 12.2. The van der Waals surface area contributed by atoms with Gasteiger partial charge < -0.3 is 19.9 Å². The summed E-state index contributed by atoms with van der Waals surface area (Å²) in [4.78, 5) is 27.4. The molecule has 1 aliphatic heterocycles. The summed E-state index contributed by atoms with van der Waals surface area (Å²) in [6.07, 6.45) is 1.64. The average molecular weight is 395 g/mol. The van der Waals surface area contributed by atoms with E-state index in [9.17, 15) is 20.0 Å². The number of amides is 1. The minimum atomic E-state index is -0.845. The van der Waals surface area contributed by atoms with Crippen molar-refractivity contribution in [2.75, 3.05) is 6.79 Å². The lowest BCUT2D eigenvalue weighted by atomic mass is 9.95. The molecule has 1 aliphatic rings. The van der Waals surface area contributed by atoms with Crippen LogP contribution >= 0.6 is 0 Å². The van der Waals surface area contributed by atoms with Gasteiger partial charge in [-0.05, 0) is 29.8 Å². The summed E-state index contributed by atoms with van der Waals surface area (Å²) < 4.78 is 10.7. The van der Waals surface area contributed by atoms with Crippen molar-refractivity contribution in [1.82, 2.24) is 10.3 Å². The van der Waals surface area contributed by atoms with Crippen molar-refractivity contribution >= 4 is 22.5 Å². The number of carbonyl (C=O) groups is 1. The van der Waals surface area contributed by atoms with E-state index < -0.39 is 11.0 Å². The summed E-state index contributed by atoms with van der Waals surface area (Å²) in [7, 11) is 0. The molecule has 0 bridgehead atoms. The lowest BCUT2D eigenvalue weighted by molar-refractivity contribution is -0.383. The Morgan fingerprint density at radius 3 is 2.86 bits per heavy atom. The van der Waals surface area contributed by atoms with Crippen LogP contribution in [0.2, 0.25) is 0 Å². The highest BCUT2D eigenvalue weighted by atomic mass is 16.7. The predicted molar refractivity (Wildman–Crippen MR) is 103 cm³/mol. The van der Waals surface area contributed by atoms with Gasteiger partial charge in [-0.25, -0.2) is 0 Å². The number of pyridine rings is 1. The molecule has 0 aliphatic carbocycles. The van der Waals surface area contributed by atoms with Crippen LogP contribution in [-0.2, 0) is 4.79 Å². The predicted octanol–water partition coefficient (Wildman–Crippen LogP) is 3.19. The van der Waals surface area contributed by atoms with Crippen molar-refractivity contribution in [3.63, 3.8) is 0 Å². The fraction of sp³-hybridized carbons (Fsp3) is 0.200. The normalized spacial score (nSPS) is 13.3. The fourth-order valence-corrected chi connectivity index (χ4v) is 3.30. The number of rotatable bonds is 5. The van der Waals surface area contributed by atoms with Gasteiger partial charge in [0.15, 0.2) is 11.5 Å². The molecule has 0 saturated heterocycles. The number of fused-ring (bicyclic) bond motifs is 2. The Morgan fingerprint density at radius 1 is 1.31 bits per heavy atom. The van der Waals surface area contributed by atoms with E-state index in [1.165, 1.54) is 18.3 Å². The smallest absolute Gasteiger partial charge is 0.279 e. The fourth-order valence-electron chi connectivity index (χ4n) is 3.30. The average Bonchev–Trinajstić information content (AvgIpc) is 3.20. The minimum absolute atomic E-state index is 0.0847. The number of aromatic hydroxyl groups is 1. The number of carbonyl (C=O) groups excluding carboxylic acids is 1. The van der Waals surface area contributed by atoms with E-state index in [1.807, 2.05) is 0 Å². The standard InChI is InChI=1S/C20H17N3O6/c1-2-17(24)22-18(11-5-6-15-16(8-11)29-10-28-15)13-9-14(23(26)27)12-4-3-7-21-19(12)20(13)25/h3-9,18,25H,2,10H2,1H3,(H,22,24)/t18-/m0/s1. The zero-order chi connectivity index (χ0) is 20.5. The molecule has 0 unspecified atom stereocenters. The molecule has 2 aromatic carbocycles. The molecule has 1 amide bonds. The molecule has 29 heavy (non-hydrogen) atoms. The molecular weight excluding hydrogens is 378 g/mol. The Balaban J connectivity index is 1.93. The highest BCUT2D eigenvalue weighted by Gasteiger charge is 2.28. The van der Waals surface area contributed by atoms with E-state index in [0.717, 1.165) is 0 Å². The number of nitrogens with zero attached hydrogens (tertiary/aromatic N) is 2. The number of nitrogens with one attached hydrogen (secondary N) is 1. The SMILES string of the molecule is CCC(=O)N[C@@H](c1ccc2c(c1)OCO2)c1cc([N+](=O)[O-])c2cccnc2c1O. The van der Waals surface area contributed by atoms with Crippen LogP contribution in [0.4, 0.5) is 5.69 Å². The molecule has 0 fully saturated rings. The third-order valence-electron chi connectivity index (χ3n) is 4.74. The third kappa shape index (κ3) is 3.27. The van der Waals surface area contributed by atoms with Crippen LogP contribution < -0.4 is 14.8 Å². The van der Waals surface area contributed by atoms with Gasteiger partial charge in [-0.15, -0.1) is 0 Å². The van der Waals surface area contributed by atoms with E-state index >= 15 is 0 Å². The lowest BCUT2D eigenvalue weighted by Crippen LogP contribution is -2.28. The maximum Gasteiger partial charge on any atom is 0.279 e. The Hall–Kier alpha value is -3.88. The first-order valence-electron chi connectivity index (χ1n) is 8.93. The van der Waals surface area contributed by atoms with Crippen LogP contribution in [0.5, 0.6) is 17.2 Å². The Kier molecular flexibility index (Phi) is 4.63. The number of phenolic OH excluding ortho intramolecular Hbond substituents is 1. The molecule has 3 aromatic rings. The number of hydrogen-bond acceptors (Lipinski definition) is 7. The number of hydrogen-bond donors (Lipinski definition) is 2. The van der Waals surface area contributed by atoms with Crippen LogP contribution in [0.15, 0.2) is 42.6 Å². The van der Waals surface area contributed by atoms with Gasteiger partial charge in [0.1, 0.15) is 11.3 Å². The second-order valence-electron chi connectivity index (χ2n) is 6.46. The van der Waals surface area contributed by atoms with Gasteiger partial charge in [0.25, 0.3) is 5.69 Å². The minimum Gasteiger partial charge on any atom is -0.505 e. The van der Waals surface area contributed by atoms with E-state index in [-0.39, 0.29) is 47.0 Å². The largest absolute Gasteiger partial charge is 0.505 e. The summed E-state index contributed by atoms with van der Waals surface area (Å²) in [5, 5.41) is 25.5. The van der Waals surface area contributed by atoms with Gasteiger partial charge >= 0.3 is 0 Å². The number of benzene rings is 2. The van der Waals surface area contributed by atoms with Crippen molar-refractivity contribution < 1.29 is 24.3 Å². The quantitative estimate of drug-likeness (QED) is 0.502. The second kappa shape index (κ2) is 7.27. The number of ether oxygens (including phenoxy) is 2. The van der Waals surface area contributed by atoms with Crippen molar-refractivity contribution in [3.8, 4) is 17.2 Å². The van der Waals surface area contributed by atoms with E-state index in [2.05, 4.69) is 10.3 Å². The molecule has 1 aromatic heterocycles. The first-order chi connectivity index (χ1) is 14.0. The zero-order valence-corrected chi connectivity index (χ0v) is 15.4. The number of phenols is 1. The van der Waals surface area contributed by atoms with E-state index in [1.54, 1.807) is 31.2 Å². The molecular formula is C20H17N3O6. The topological polar surface area (TPSA) is 124 Å². The number of aromatic nitrogens is 1. The van der Waals surface area contributed by atoms with Crippen LogP contribution in [0.25, 0.3) is 10.9 Å². The monoisotopic (exact) mass is 395 g/mol. The second-order valence-corrected chi connectivity index (χ2v) is 6.46. The summed E-state index contributed by atoms with van der Waals surface area (Å²) in [5.74, 6) is 0.539. The van der Waals surface area contributed by atoms with Crippen molar-refractivity contribution in [1.29, 1.82) is 0 Å². The number of non-ortho nitro benzene ring substituents is 1. The maximum atomic E-state index is 12.2. The molecule has 0 saturated carbocycles. The Bertz CT molecular complexity index is 1130. The molecule has 1 atom stereocenters. The van der Waals surface area contributed by atoms with Gasteiger partial charge in [-0.1, -0.05) is 13.0 Å². The zero-order valence-electron chi connectivity index (χ0n) is 15.4. The first kappa shape index (κ1) is 18.5. The highest BCUT2D eigenvalue weighted by molar-refractivity contribution is 5.94. The third-order valence-corrected chi connectivity index (χ3v) is 4.74. The van der Waals surface area contributed by atoms with Gasteiger partial charge in [0.05, 0.1) is 16.4 Å². The molecule has 2 heterocycles. The van der Waals surface area contributed by atoms with Crippen molar-refractivity contribution in [3.05, 3.63) is 63.8 Å². The van der Waals surface area contributed by atoms with Gasteiger partial charge in [-0.3, -0.25) is 19.9 Å². The van der Waals surface area contributed by atoms with Gasteiger partial charge in [0, 0.05) is 24.2 Å². The Morgan fingerprint density at radius 2 is 2.10 bits per heavy atom. The molecule has 0 radical (unpaired) electrons. The lowest BCUT2D eigenvalue weighted by Gasteiger charge is -2.21. The highest BCUT2D eigenvalue weighted by Crippen LogP contribution is 2.41. The summed E-state index contributed by atoms with van der Waals surface area (Å²) >= 11 is 0. The Labute approximate surface area is 165 Å². The molecule has 9 heteroatoms. The summed E-state index contributed by atoms with van der Waals surface area (Å²) in [6, 6.07) is 8.58. The van der Waals surface area contributed by atoms with Crippen LogP contribution in [0, 0.1) is 10.1 Å². The molecule has 148 valence electrons. The molecule has 4 rings (SSSR count). The van der Waals surface area contributed by atoms with Crippen LogP contribution in [-0.4, -0.2) is 27.7 Å². The number of nitro benzene ring substituents is 1. The van der Waals surface area contributed by atoms with Crippen molar-refractivity contribution in [2.24, 2.45) is 0 Å². The van der Waals surface area contributed by atoms with Crippen LogP contribution in [0.3, 0.4) is 0 Å². The van der Waals surface area contributed by atoms with Crippen LogP contribution in [0.1, 0.15) is 30.5 Å². The molecule has 2 N–H and O–H groups in total. The number of nitro groups is 1. The van der Waals surface area contributed by atoms with Gasteiger partial charge in [0.2, 0.25) is 12.7 Å². The first-order valence-corrected chi connectivity index (χ1v) is 8.93.